The zero-order chi connectivity index (χ0) is 18.2. The maximum Gasteiger partial charge on any atom is 0.191 e. The van der Waals surface area contributed by atoms with Crippen LogP contribution in [0.1, 0.15) is 21.3 Å². The van der Waals surface area contributed by atoms with E-state index >= 15 is 0 Å². The first-order chi connectivity index (χ1) is 11.9. The minimum absolute atomic E-state index is 0.124. The van der Waals surface area contributed by atoms with Crippen molar-refractivity contribution in [3.8, 4) is 0 Å². The van der Waals surface area contributed by atoms with Crippen LogP contribution in [0.15, 0.2) is 60.0 Å². The van der Waals surface area contributed by atoms with Gasteiger partial charge in [-0.15, -0.1) is 6.58 Å². The number of benzene rings is 2. The largest absolute Gasteiger partial charge is 0.351 e. The molecule has 0 aliphatic heterocycles. The molecule has 0 radical (unpaired) electrons. The van der Waals surface area contributed by atoms with Crippen molar-refractivity contribution < 1.29 is 17.6 Å². The number of carbonyl (C=O) groups is 1. The number of aromatic nitrogens is 1. The number of sulfone groups is 1. The second-order valence-electron chi connectivity index (χ2n) is 5.43. The molecule has 2 aromatic carbocycles. The quantitative estimate of drug-likeness (QED) is 0.526. The maximum atomic E-state index is 13.6. The van der Waals surface area contributed by atoms with Gasteiger partial charge in [0.2, 0.25) is 0 Å². The van der Waals surface area contributed by atoms with Crippen LogP contribution in [0.2, 0.25) is 5.02 Å². The number of hydrogen-bond acceptors (Lipinski definition) is 3. The van der Waals surface area contributed by atoms with Crippen molar-refractivity contribution in [1.82, 2.24) is 4.98 Å². The molecule has 1 N–H and O–H groups in total. The molecule has 3 aromatic rings. The molecule has 0 aliphatic rings. The molecule has 25 heavy (non-hydrogen) atoms. The third kappa shape index (κ3) is 2.99. The molecule has 0 aliphatic carbocycles. The smallest absolute Gasteiger partial charge is 0.191 e. The Morgan fingerprint density at radius 3 is 2.44 bits per heavy atom. The Hall–Kier alpha value is -2.44. The van der Waals surface area contributed by atoms with Gasteiger partial charge in [0, 0.05) is 15.9 Å². The normalized spacial score (nSPS) is 12.9. The highest BCUT2D eigenvalue weighted by Crippen LogP contribution is 2.36. The van der Waals surface area contributed by atoms with E-state index in [1.54, 1.807) is 24.3 Å². The number of carbonyl (C=O) groups excluding carboxylic acids is 1. The average Bonchev–Trinajstić information content (AvgIpc) is 2.95. The van der Waals surface area contributed by atoms with Gasteiger partial charge in [0.1, 0.15) is 16.0 Å². The van der Waals surface area contributed by atoms with E-state index in [9.17, 15) is 17.6 Å². The van der Waals surface area contributed by atoms with Crippen LogP contribution in [0.5, 0.6) is 0 Å². The SMILES string of the molecule is C=CC(c1ccc(Cl)cc1)S(=O)(=O)c1c(C=O)[nH]c2ccc(F)cc12. The van der Waals surface area contributed by atoms with E-state index in [0.717, 1.165) is 6.07 Å². The molecule has 1 aromatic heterocycles. The summed E-state index contributed by atoms with van der Waals surface area (Å²) in [5.41, 5.74) is 0.685. The van der Waals surface area contributed by atoms with Crippen LogP contribution in [0, 0.1) is 5.82 Å². The summed E-state index contributed by atoms with van der Waals surface area (Å²) in [6, 6.07) is 9.95. The molecule has 7 heteroatoms. The van der Waals surface area contributed by atoms with Gasteiger partial charge < -0.3 is 4.98 Å². The van der Waals surface area contributed by atoms with E-state index in [1.807, 2.05) is 0 Å². The molecule has 128 valence electrons. The summed E-state index contributed by atoms with van der Waals surface area (Å²) in [7, 11) is -4.05. The summed E-state index contributed by atoms with van der Waals surface area (Å²) < 4.78 is 40.1. The Morgan fingerprint density at radius 2 is 1.84 bits per heavy atom. The van der Waals surface area contributed by atoms with Gasteiger partial charge in [-0.05, 0) is 35.9 Å². The Morgan fingerprint density at radius 1 is 1.16 bits per heavy atom. The van der Waals surface area contributed by atoms with Gasteiger partial charge in [-0.3, -0.25) is 4.79 Å². The summed E-state index contributed by atoms with van der Waals surface area (Å²) in [6.45, 7) is 3.60. The lowest BCUT2D eigenvalue weighted by Gasteiger charge is -2.14. The summed E-state index contributed by atoms with van der Waals surface area (Å²) in [5.74, 6) is -0.595. The monoisotopic (exact) mass is 377 g/mol. The highest BCUT2D eigenvalue weighted by atomic mass is 35.5. The van der Waals surface area contributed by atoms with Crippen molar-refractivity contribution in [3.63, 3.8) is 0 Å². The minimum atomic E-state index is -4.05. The van der Waals surface area contributed by atoms with Gasteiger partial charge in [0.05, 0.1) is 5.69 Å². The lowest BCUT2D eigenvalue weighted by molar-refractivity contribution is 0.111. The molecule has 0 amide bonds. The second kappa shape index (κ2) is 6.46. The van der Waals surface area contributed by atoms with Crippen LogP contribution in [-0.2, 0) is 9.84 Å². The van der Waals surface area contributed by atoms with Gasteiger partial charge in [0.15, 0.2) is 16.1 Å². The van der Waals surface area contributed by atoms with E-state index in [-0.39, 0.29) is 16.0 Å². The third-order valence-electron chi connectivity index (χ3n) is 3.89. The second-order valence-corrected chi connectivity index (χ2v) is 7.87. The van der Waals surface area contributed by atoms with Gasteiger partial charge in [-0.25, -0.2) is 12.8 Å². The highest BCUT2D eigenvalue weighted by molar-refractivity contribution is 7.92. The lowest BCUT2D eigenvalue weighted by Crippen LogP contribution is -2.13. The molecule has 0 saturated carbocycles. The number of hydrogen-bond donors (Lipinski definition) is 1. The molecule has 4 nitrogen and oxygen atoms in total. The topological polar surface area (TPSA) is 67.0 Å². The fraction of sp³-hybridized carbons (Fsp3) is 0.0556. The number of fused-ring (bicyclic) bond motifs is 1. The number of nitrogens with one attached hydrogen (secondary N) is 1. The Labute approximate surface area is 148 Å². The number of rotatable bonds is 5. The van der Waals surface area contributed by atoms with Crippen LogP contribution in [0.3, 0.4) is 0 Å². The Balaban J connectivity index is 2.27. The molecular weight excluding hydrogens is 365 g/mol. The van der Waals surface area contributed by atoms with Crippen molar-refractivity contribution in [1.29, 1.82) is 0 Å². The van der Waals surface area contributed by atoms with Gasteiger partial charge in [-0.1, -0.05) is 29.8 Å². The van der Waals surface area contributed by atoms with Crippen molar-refractivity contribution in [3.05, 3.63) is 77.2 Å². The van der Waals surface area contributed by atoms with Crippen molar-refractivity contribution >= 4 is 38.6 Å². The van der Waals surface area contributed by atoms with Crippen LogP contribution in [0.25, 0.3) is 10.9 Å². The fourth-order valence-corrected chi connectivity index (χ4v) is 4.80. The molecule has 3 rings (SSSR count). The maximum absolute atomic E-state index is 13.6. The minimum Gasteiger partial charge on any atom is -0.351 e. The molecule has 1 heterocycles. The first-order valence-corrected chi connectivity index (χ1v) is 9.19. The predicted octanol–water partition coefficient (Wildman–Crippen LogP) is 4.47. The Kier molecular flexibility index (Phi) is 4.49. The first kappa shape index (κ1) is 17.4. The van der Waals surface area contributed by atoms with Crippen molar-refractivity contribution in [2.75, 3.05) is 0 Å². The van der Waals surface area contributed by atoms with Crippen molar-refractivity contribution in [2.45, 2.75) is 10.1 Å². The molecular formula is C18H13ClFNO3S. The standard InChI is InChI=1S/C18H13ClFNO3S/c1-2-17(11-3-5-12(19)6-4-11)25(23,24)18-14-9-13(20)7-8-15(14)21-16(18)10-22/h2-10,17,21H,1H2. The number of aldehydes is 1. The predicted molar refractivity (Wildman–Crippen MR) is 95.2 cm³/mol. The van der Waals surface area contributed by atoms with Crippen molar-refractivity contribution in [2.24, 2.45) is 0 Å². The third-order valence-corrected chi connectivity index (χ3v) is 6.28. The van der Waals surface area contributed by atoms with Crippen LogP contribution < -0.4 is 0 Å². The van der Waals surface area contributed by atoms with Gasteiger partial charge in [0.25, 0.3) is 0 Å². The highest BCUT2D eigenvalue weighted by Gasteiger charge is 2.32. The summed E-state index contributed by atoms with van der Waals surface area (Å²) in [4.78, 5) is 13.9. The molecule has 1 unspecified atom stereocenters. The molecule has 1 atom stereocenters. The first-order valence-electron chi connectivity index (χ1n) is 7.27. The van der Waals surface area contributed by atoms with Crippen LogP contribution >= 0.6 is 11.6 Å². The zero-order valence-corrected chi connectivity index (χ0v) is 14.4. The summed E-state index contributed by atoms with van der Waals surface area (Å²) in [5, 5.41) is -0.514. The van der Waals surface area contributed by atoms with E-state index in [1.165, 1.54) is 18.2 Å². The zero-order valence-electron chi connectivity index (χ0n) is 12.9. The number of halogens is 2. The van der Waals surface area contributed by atoms with Gasteiger partial charge in [-0.2, -0.15) is 0 Å². The molecule has 0 saturated heterocycles. The van der Waals surface area contributed by atoms with Crippen LogP contribution in [-0.4, -0.2) is 19.7 Å². The fourth-order valence-electron chi connectivity index (χ4n) is 2.77. The molecule has 0 spiro atoms. The van der Waals surface area contributed by atoms with E-state index in [2.05, 4.69) is 11.6 Å². The average molecular weight is 378 g/mol. The summed E-state index contributed by atoms with van der Waals surface area (Å²) in [6.07, 6.45) is 1.68. The number of aromatic amines is 1. The molecule has 0 bridgehead atoms. The lowest BCUT2D eigenvalue weighted by atomic mass is 10.1. The summed E-state index contributed by atoms with van der Waals surface area (Å²) >= 11 is 5.85. The van der Waals surface area contributed by atoms with Gasteiger partial charge >= 0.3 is 0 Å². The van der Waals surface area contributed by atoms with E-state index < -0.39 is 20.9 Å². The Bertz CT molecular complexity index is 1070. The molecule has 0 fully saturated rings. The van der Waals surface area contributed by atoms with E-state index in [0.29, 0.717) is 22.4 Å². The van der Waals surface area contributed by atoms with E-state index in [4.69, 9.17) is 11.6 Å². The van der Waals surface area contributed by atoms with Crippen LogP contribution in [0.4, 0.5) is 4.39 Å². The number of H-pyrrole nitrogens is 1.